The summed E-state index contributed by atoms with van der Waals surface area (Å²) in [5.74, 6) is -0.385. The molecule has 0 N–H and O–H groups in total. The topological polar surface area (TPSA) is 66.9 Å². The van der Waals surface area contributed by atoms with E-state index in [1.165, 1.54) is 18.2 Å². The van der Waals surface area contributed by atoms with Gasteiger partial charge in [-0.05, 0) is 55.2 Å². The van der Waals surface area contributed by atoms with Crippen LogP contribution < -0.4 is 9.64 Å². The quantitative estimate of drug-likeness (QED) is 0.749. The molecule has 0 unspecified atom stereocenters. The first-order chi connectivity index (χ1) is 13.9. The Hall–Kier alpha value is -2.45. The minimum absolute atomic E-state index is 0.212. The lowest BCUT2D eigenvalue weighted by molar-refractivity contribution is -0.120. The molecule has 8 heteroatoms. The van der Waals surface area contributed by atoms with Gasteiger partial charge < -0.3 is 9.64 Å². The van der Waals surface area contributed by atoms with E-state index in [0.29, 0.717) is 37.5 Å². The van der Waals surface area contributed by atoms with Gasteiger partial charge in [0.25, 0.3) is 5.91 Å². The van der Waals surface area contributed by atoms with Gasteiger partial charge in [-0.15, -0.1) is 0 Å². The lowest BCUT2D eigenvalue weighted by atomic mass is 10.2. The largest absolute Gasteiger partial charge is 0.484 e. The monoisotopic (exact) mass is 418 g/mol. The highest BCUT2D eigenvalue weighted by Crippen LogP contribution is 2.32. The summed E-state index contributed by atoms with van der Waals surface area (Å²) in [6, 6.07) is 10.6. The van der Waals surface area contributed by atoms with Crippen LogP contribution in [0.4, 0.5) is 10.1 Å². The Kier molecular flexibility index (Phi) is 5.56. The summed E-state index contributed by atoms with van der Waals surface area (Å²) >= 11 is 0. The average molecular weight is 418 g/mol. The van der Waals surface area contributed by atoms with Gasteiger partial charge in [-0.25, -0.2) is 12.8 Å². The maximum atomic E-state index is 13.2. The van der Waals surface area contributed by atoms with Crippen LogP contribution in [-0.4, -0.2) is 44.9 Å². The molecule has 2 heterocycles. The number of sulfonamides is 1. The second-order valence-electron chi connectivity index (χ2n) is 7.30. The molecule has 0 saturated carbocycles. The van der Waals surface area contributed by atoms with Crippen molar-refractivity contribution in [3.8, 4) is 5.75 Å². The molecule has 2 aromatic rings. The number of anilines is 1. The molecule has 1 fully saturated rings. The van der Waals surface area contributed by atoms with E-state index in [1.807, 2.05) is 0 Å². The number of fused-ring (bicyclic) bond motifs is 1. The number of carbonyl (C=O) groups is 1. The average Bonchev–Trinajstić information content (AvgIpc) is 3.16. The second kappa shape index (κ2) is 8.12. The number of amides is 1. The molecule has 0 aromatic heterocycles. The van der Waals surface area contributed by atoms with Gasteiger partial charge in [-0.1, -0.05) is 12.5 Å². The fraction of sp³-hybridized carbons (Fsp3) is 0.381. The Balaban J connectivity index is 1.47. The maximum Gasteiger partial charge on any atom is 0.264 e. The molecule has 0 spiro atoms. The van der Waals surface area contributed by atoms with Crippen molar-refractivity contribution in [1.82, 2.24) is 4.31 Å². The molecule has 0 atom stereocenters. The van der Waals surface area contributed by atoms with Crippen molar-refractivity contribution < 1.29 is 22.3 Å². The maximum absolute atomic E-state index is 13.2. The van der Waals surface area contributed by atoms with Crippen LogP contribution in [0.1, 0.15) is 24.8 Å². The molecule has 0 aliphatic carbocycles. The molecule has 154 valence electrons. The third kappa shape index (κ3) is 4.13. The van der Waals surface area contributed by atoms with E-state index in [2.05, 4.69) is 0 Å². The zero-order valence-electron chi connectivity index (χ0n) is 16.0. The van der Waals surface area contributed by atoms with Gasteiger partial charge in [0.2, 0.25) is 10.0 Å². The van der Waals surface area contributed by atoms with Crippen LogP contribution >= 0.6 is 0 Å². The van der Waals surface area contributed by atoms with Crippen LogP contribution in [0.5, 0.6) is 5.75 Å². The van der Waals surface area contributed by atoms with E-state index in [4.69, 9.17) is 4.74 Å². The van der Waals surface area contributed by atoms with Gasteiger partial charge in [-0.3, -0.25) is 4.79 Å². The number of ether oxygens (including phenoxy) is 1. The summed E-state index contributed by atoms with van der Waals surface area (Å²) < 4.78 is 45.9. The van der Waals surface area contributed by atoms with Crippen molar-refractivity contribution in [1.29, 1.82) is 0 Å². The fourth-order valence-corrected chi connectivity index (χ4v) is 5.40. The first-order valence-corrected chi connectivity index (χ1v) is 11.2. The van der Waals surface area contributed by atoms with Crippen molar-refractivity contribution in [2.75, 3.05) is 31.1 Å². The minimum atomic E-state index is -3.50. The minimum Gasteiger partial charge on any atom is -0.484 e. The molecule has 0 bridgehead atoms. The highest BCUT2D eigenvalue weighted by molar-refractivity contribution is 7.89. The van der Waals surface area contributed by atoms with Gasteiger partial charge in [0.1, 0.15) is 11.6 Å². The summed E-state index contributed by atoms with van der Waals surface area (Å²) in [5.41, 5.74) is 1.54. The predicted molar refractivity (Wildman–Crippen MR) is 107 cm³/mol. The van der Waals surface area contributed by atoms with E-state index >= 15 is 0 Å². The summed E-state index contributed by atoms with van der Waals surface area (Å²) in [5, 5.41) is 0. The van der Waals surface area contributed by atoms with Gasteiger partial charge >= 0.3 is 0 Å². The van der Waals surface area contributed by atoms with E-state index in [9.17, 15) is 17.6 Å². The predicted octanol–water partition coefficient (Wildman–Crippen LogP) is 2.97. The number of hydrogen-bond acceptors (Lipinski definition) is 4. The van der Waals surface area contributed by atoms with Gasteiger partial charge in [0.15, 0.2) is 6.61 Å². The van der Waals surface area contributed by atoms with E-state index in [1.54, 1.807) is 33.5 Å². The van der Waals surface area contributed by atoms with Crippen LogP contribution in [0.15, 0.2) is 47.4 Å². The summed E-state index contributed by atoms with van der Waals surface area (Å²) in [4.78, 5) is 14.4. The van der Waals surface area contributed by atoms with Crippen molar-refractivity contribution in [3.63, 3.8) is 0 Å². The van der Waals surface area contributed by atoms with Crippen LogP contribution in [0, 0.1) is 5.82 Å². The first kappa shape index (κ1) is 19.8. The van der Waals surface area contributed by atoms with Gasteiger partial charge in [0.05, 0.1) is 4.90 Å². The number of nitrogens with zero attached hydrogens (tertiary/aromatic N) is 2. The molecule has 4 rings (SSSR count). The second-order valence-corrected chi connectivity index (χ2v) is 9.23. The Labute approximate surface area is 169 Å². The van der Waals surface area contributed by atoms with Gasteiger partial charge in [-0.2, -0.15) is 4.31 Å². The normalized spacial score (nSPS) is 17.2. The van der Waals surface area contributed by atoms with Crippen molar-refractivity contribution in [2.45, 2.75) is 30.6 Å². The molecular weight excluding hydrogens is 395 g/mol. The molecule has 2 aliphatic rings. The zero-order chi connectivity index (χ0) is 20.4. The first-order valence-electron chi connectivity index (χ1n) is 9.77. The smallest absolute Gasteiger partial charge is 0.264 e. The molecule has 1 saturated heterocycles. The van der Waals surface area contributed by atoms with E-state index in [-0.39, 0.29) is 17.4 Å². The number of halogens is 1. The number of piperidine rings is 1. The highest BCUT2D eigenvalue weighted by Gasteiger charge is 2.30. The SMILES string of the molecule is O=C(COc1cccc(F)c1)N1CCc2cc(S(=O)(=O)N3CCCCC3)ccc21. The summed E-state index contributed by atoms with van der Waals surface area (Å²) in [7, 11) is -3.50. The molecule has 29 heavy (non-hydrogen) atoms. The highest BCUT2D eigenvalue weighted by atomic mass is 32.2. The molecule has 2 aliphatic heterocycles. The Morgan fingerprint density at radius 1 is 1.03 bits per heavy atom. The van der Waals surface area contributed by atoms with E-state index in [0.717, 1.165) is 24.8 Å². The number of rotatable bonds is 5. The Morgan fingerprint density at radius 2 is 1.83 bits per heavy atom. The standard InChI is InChI=1S/C21H23FN2O4S/c22-17-5-4-6-18(14-17)28-15-21(25)24-12-9-16-13-19(7-8-20(16)24)29(26,27)23-10-2-1-3-11-23/h4-8,13-14H,1-3,9-12,15H2. The third-order valence-corrected chi connectivity index (χ3v) is 7.25. The third-order valence-electron chi connectivity index (χ3n) is 5.36. The number of benzene rings is 2. The zero-order valence-corrected chi connectivity index (χ0v) is 16.8. The summed E-state index contributed by atoms with van der Waals surface area (Å²) in [6.45, 7) is 1.37. The fourth-order valence-electron chi connectivity index (χ4n) is 3.83. The molecule has 2 aromatic carbocycles. The molecule has 1 amide bonds. The van der Waals surface area contributed by atoms with Crippen LogP contribution in [0.2, 0.25) is 0 Å². The van der Waals surface area contributed by atoms with Crippen molar-refractivity contribution in [2.24, 2.45) is 0 Å². The Bertz CT molecular complexity index is 1020. The summed E-state index contributed by atoms with van der Waals surface area (Å²) in [6.07, 6.45) is 3.42. The molecule has 0 radical (unpaired) electrons. The lowest BCUT2D eigenvalue weighted by Crippen LogP contribution is -2.35. The molecule has 6 nitrogen and oxygen atoms in total. The van der Waals surface area contributed by atoms with Crippen LogP contribution in [-0.2, 0) is 21.2 Å². The van der Waals surface area contributed by atoms with Crippen molar-refractivity contribution >= 4 is 21.6 Å². The number of hydrogen-bond donors (Lipinski definition) is 0. The number of carbonyl (C=O) groups excluding carboxylic acids is 1. The van der Waals surface area contributed by atoms with Gasteiger partial charge in [0, 0.05) is 31.4 Å². The molecular formula is C21H23FN2O4S. The van der Waals surface area contributed by atoms with Crippen LogP contribution in [0.25, 0.3) is 0 Å². The lowest BCUT2D eigenvalue weighted by Gasteiger charge is -2.26. The van der Waals surface area contributed by atoms with E-state index < -0.39 is 15.8 Å². The van der Waals surface area contributed by atoms with Crippen LogP contribution in [0.3, 0.4) is 0 Å². The van der Waals surface area contributed by atoms with Crippen molar-refractivity contribution in [3.05, 3.63) is 53.8 Å². The Morgan fingerprint density at radius 3 is 2.59 bits per heavy atom.